The summed E-state index contributed by atoms with van der Waals surface area (Å²) in [6, 6.07) is 1.55. The van der Waals surface area contributed by atoms with Gasteiger partial charge in [-0.25, -0.2) is 0 Å². The van der Waals surface area contributed by atoms with E-state index in [-0.39, 0.29) is 0 Å². The monoisotopic (exact) mass is 330 g/mol. The third kappa shape index (κ3) is 2.71. The lowest BCUT2D eigenvalue weighted by atomic mass is 9.92. The molecule has 23 heavy (non-hydrogen) atoms. The molecule has 0 spiro atoms. The van der Waals surface area contributed by atoms with Crippen LogP contribution in [0.25, 0.3) is 0 Å². The van der Waals surface area contributed by atoms with E-state index in [1.165, 1.54) is 19.3 Å². The first-order valence-corrected chi connectivity index (χ1v) is 13.1. The zero-order valence-electron chi connectivity index (χ0n) is 16.3. The van der Waals surface area contributed by atoms with Gasteiger partial charge >= 0.3 is 0 Å². The SMILES string of the molecule is CCC[Si](C)(C1CCC2C=CC=CC21)C1C(C)C(C)C(C)C1C. The molecule has 0 heterocycles. The standard InChI is InChI=1S/C22H38Si/c1-7-14-23(6,22-17(4)15(2)16(3)18(22)5)21-13-12-19-10-8-9-11-20(19)21/h8-11,15-22H,7,12-14H2,1-6H3. The maximum atomic E-state index is 2.82. The Labute approximate surface area is 145 Å². The van der Waals surface area contributed by atoms with Gasteiger partial charge in [0.25, 0.3) is 0 Å². The number of allylic oxidation sites excluding steroid dienone is 4. The second-order valence-corrected chi connectivity index (χ2v) is 14.3. The molecule has 0 aromatic carbocycles. The summed E-state index contributed by atoms with van der Waals surface area (Å²) in [6.07, 6.45) is 14.1. The summed E-state index contributed by atoms with van der Waals surface area (Å²) >= 11 is 0. The van der Waals surface area contributed by atoms with Gasteiger partial charge in [-0.05, 0) is 53.0 Å². The highest BCUT2D eigenvalue weighted by Crippen LogP contribution is 2.62. The highest BCUT2D eigenvalue weighted by molar-refractivity contribution is 6.81. The Balaban J connectivity index is 1.94. The molecule has 0 saturated heterocycles. The lowest BCUT2D eigenvalue weighted by Crippen LogP contribution is -2.46. The zero-order valence-corrected chi connectivity index (χ0v) is 17.3. The van der Waals surface area contributed by atoms with Gasteiger partial charge in [-0.2, -0.15) is 0 Å². The van der Waals surface area contributed by atoms with Crippen molar-refractivity contribution < 1.29 is 0 Å². The fourth-order valence-electron chi connectivity index (χ4n) is 7.15. The molecule has 0 nitrogen and oxygen atoms in total. The Morgan fingerprint density at radius 3 is 2.09 bits per heavy atom. The molecule has 0 aliphatic heterocycles. The third-order valence-electron chi connectivity index (χ3n) is 8.59. The second kappa shape index (κ2) is 6.54. The largest absolute Gasteiger partial charge is 0.0808 e. The summed E-state index contributed by atoms with van der Waals surface area (Å²) in [6.45, 7) is 15.5. The van der Waals surface area contributed by atoms with E-state index in [0.717, 1.165) is 46.6 Å². The summed E-state index contributed by atoms with van der Waals surface area (Å²) < 4.78 is 0. The first kappa shape index (κ1) is 17.5. The van der Waals surface area contributed by atoms with Crippen molar-refractivity contribution in [1.29, 1.82) is 0 Å². The Bertz CT molecular complexity index is 464. The van der Waals surface area contributed by atoms with Crippen LogP contribution in [0.5, 0.6) is 0 Å². The van der Waals surface area contributed by atoms with Gasteiger partial charge in [-0.15, -0.1) is 0 Å². The molecule has 0 amide bonds. The topological polar surface area (TPSA) is 0 Å². The summed E-state index contributed by atoms with van der Waals surface area (Å²) in [5.74, 6) is 5.43. The minimum absolute atomic E-state index is 0.857. The Morgan fingerprint density at radius 2 is 1.48 bits per heavy atom. The van der Waals surface area contributed by atoms with Crippen molar-refractivity contribution in [3.05, 3.63) is 24.3 Å². The van der Waals surface area contributed by atoms with E-state index in [9.17, 15) is 0 Å². The lowest BCUT2D eigenvalue weighted by molar-refractivity contribution is 0.352. The molecule has 0 aromatic rings. The Hall–Kier alpha value is -0.303. The van der Waals surface area contributed by atoms with Gasteiger partial charge in [0.1, 0.15) is 0 Å². The fraction of sp³-hybridized carbons (Fsp3) is 0.818. The van der Waals surface area contributed by atoms with Gasteiger partial charge in [0.05, 0.1) is 8.07 Å². The van der Waals surface area contributed by atoms with Crippen LogP contribution in [-0.2, 0) is 0 Å². The van der Waals surface area contributed by atoms with E-state index < -0.39 is 8.07 Å². The molecule has 3 aliphatic carbocycles. The van der Waals surface area contributed by atoms with Crippen LogP contribution in [0.4, 0.5) is 0 Å². The van der Waals surface area contributed by atoms with Gasteiger partial charge in [-0.1, -0.05) is 84.4 Å². The van der Waals surface area contributed by atoms with Gasteiger partial charge in [0.2, 0.25) is 0 Å². The second-order valence-electron chi connectivity index (χ2n) is 9.41. The van der Waals surface area contributed by atoms with Crippen molar-refractivity contribution in [2.45, 2.75) is 77.6 Å². The molecular formula is C22H38Si. The normalized spacial score (nSPS) is 48.4. The van der Waals surface area contributed by atoms with E-state index >= 15 is 0 Å². The van der Waals surface area contributed by atoms with E-state index in [2.05, 4.69) is 65.5 Å². The van der Waals surface area contributed by atoms with Gasteiger partial charge in [-0.3, -0.25) is 0 Å². The molecule has 8 atom stereocenters. The quantitative estimate of drug-likeness (QED) is 0.490. The van der Waals surface area contributed by atoms with Crippen molar-refractivity contribution in [2.24, 2.45) is 35.5 Å². The average molecular weight is 331 g/mol. The molecule has 8 unspecified atom stereocenters. The minimum atomic E-state index is -1.29. The van der Waals surface area contributed by atoms with Crippen molar-refractivity contribution in [3.63, 3.8) is 0 Å². The maximum absolute atomic E-state index is 2.82. The van der Waals surface area contributed by atoms with Crippen LogP contribution < -0.4 is 0 Å². The highest BCUT2D eigenvalue weighted by Gasteiger charge is 2.56. The van der Waals surface area contributed by atoms with E-state index in [1.54, 1.807) is 6.04 Å². The first-order valence-electron chi connectivity index (χ1n) is 10.3. The average Bonchev–Trinajstić information content (AvgIpc) is 3.05. The molecule has 1 heteroatoms. The van der Waals surface area contributed by atoms with Crippen molar-refractivity contribution in [2.75, 3.05) is 0 Å². The van der Waals surface area contributed by atoms with E-state index in [4.69, 9.17) is 0 Å². The number of rotatable bonds is 4. The van der Waals surface area contributed by atoms with Crippen LogP contribution in [0.3, 0.4) is 0 Å². The molecular weight excluding hydrogens is 292 g/mol. The number of fused-ring (bicyclic) bond motifs is 1. The van der Waals surface area contributed by atoms with Gasteiger partial charge < -0.3 is 0 Å². The molecule has 2 saturated carbocycles. The smallest absolute Gasteiger partial charge is 0.0578 e. The Morgan fingerprint density at radius 1 is 0.870 bits per heavy atom. The summed E-state index contributed by atoms with van der Waals surface area (Å²) in [5, 5.41) is 0. The van der Waals surface area contributed by atoms with Crippen molar-refractivity contribution >= 4 is 8.07 Å². The van der Waals surface area contributed by atoms with Gasteiger partial charge in [0.15, 0.2) is 0 Å². The van der Waals surface area contributed by atoms with Crippen LogP contribution in [0.1, 0.15) is 53.9 Å². The van der Waals surface area contributed by atoms with Crippen LogP contribution in [-0.4, -0.2) is 8.07 Å². The van der Waals surface area contributed by atoms with Crippen LogP contribution >= 0.6 is 0 Å². The fourth-order valence-corrected chi connectivity index (χ4v) is 14.5. The van der Waals surface area contributed by atoms with Crippen LogP contribution in [0, 0.1) is 35.5 Å². The molecule has 0 N–H and O–H groups in total. The molecule has 130 valence electrons. The summed E-state index contributed by atoms with van der Waals surface area (Å²) in [7, 11) is -1.29. The van der Waals surface area contributed by atoms with Crippen molar-refractivity contribution in [3.8, 4) is 0 Å². The van der Waals surface area contributed by atoms with E-state index in [1.807, 2.05) is 0 Å². The van der Waals surface area contributed by atoms with Gasteiger partial charge in [0, 0.05) is 0 Å². The molecule has 2 fully saturated rings. The highest BCUT2D eigenvalue weighted by atomic mass is 28.3. The predicted molar refractivity (Wildman–Crippen MR) is 105 cm³/mol. The lowest BCUT2D eigenvalue weighted by Gasteiger charge is -2.46. The first-order chi connectivity index (χ1) is 10.9. The van der Waals surface area contributed by atoms with Crippen LogP contribution in [0.2, 0.25) is 23.7 Å². The maximum Gasteiger partial charge on any atom is 0.0578 e. The van der Waals surface area contributed by atoms with E-state index in [0.29, 0.717) is 0 Å². The summed E-state index contributed by atoms with van der Waals surface area (Å²) in [4.78, 5) is 0. The zero-order chi connectivity index (χ0) is 16.8. The summed E-state index contributed by atoms with van der Waals surface area (Å²) in [5.41, 5.74) is 2.07. The van der Waals surface area contributed by atoms with Crippen LogP contribution in [0.15, 0.2) is 24.3 Å². The minimum Gasteiger partial charge on any atom is -0.0808 e. The molecule has 3 rings (SSSR count). The number of hydrogen-bond acceptors (Lipinski definition) is 0. The molecule has 0 radical (unpaired) electrons. The van der Waals surface area contributed by atoms with Crippen molar-refractivity contribution in [1.82, 2.24) is 0 Å². The third-order valence-corrected chi connectivity index (χ3v) is 15.1. The predicted octanol–water partition coefficient (Wildman–Crippen LogP) is 6.93. The molecule has 0 aromatic heterocycles. The Kier molecular flexibility index (Phi) is 4.98. The molecule has 3 aliphatic rings. The number of hydrogen-bond donors (Lipinski definition) is 0. The molecule has 0 bridgehead atoms.